The van der Waals surface area contributed by atoms with Crippen LogP contribution in [0, 0.1) is 0 Å². The van der Waals surface area contributed by atoms with E-state index in [2.05, 4.69) is 17.1 Å². The zero-order chi connectivity index (χ0) is 12.4. The van der Waals surface area contributed by atoms with E-state index < -0.39 is 0 Å². The molecule has 2 saturated heterocycles. The number of nitrogens with zero attached hydrogens (tertiary/aromatic N) is 1. The minimum Gasteiger partial charge on any atom is -0.375 e. The molecule has 2 atom stereocenters. The summed E-state index contributed by atoms with van der Waals surface area (Å²) in [6.45, 7) is 6.97. The van der Waals surface area contributed by atoms with Gasteiger partial charge >= 0.3 is 0 Å². The average molecular weight is 252 g/mol. The molecule has 0 aromatic rings. The topological polar surface area (TPSA) is 24.5 Å². The first-order valence-corrected chi connectivity index (χ1v) is 7.93. The molecule has 18 heavy (non-hydrogen) atoms. The van der Waals surface area contributed by atoms with Crippen molar-refractivity contribution in [1.82, 2.24) is 10.2 Å². The largest absolute Gasteiger partial charge is 0.375 e. The van der Waals surface area contributed by atoms with E-state index in [1.165, 1.54) is 64.6 Å². The standard InChI is InChI=1S/C15H28N2O/c1-2-17(12-13-5-3-9-16-13)14-6-10-18-15(11-14)7-4-8-15/h13-14,16H,2-12H2,1H3. The van der Waals surface area contributed by atoms with Gasteiger partial charge in [0.05, 0.1) is 5.60 Å². The second-order valence-electron chi connectivity index (χ2n) is 6.41. The van der Waals surface area contributed by atoms with Crippen molar-refractivity contribution in [1.29, 1.82) is 0 Å². The molecule has 0 aromatic carbocycles. The van der Waals surface area contributed by atoms with Crippen LogP contribution in [0.15, 0.2) is 0 Å². The molecule has 0 radical (unpaired) electrons. The fourth-order valence-corrected chi connectivity index (χ4v) is 3.97. The van der Waals surface area contributed by atoms with Gasteiger partial charge in [0, 0.05) is 25.2 Å². The van der Waals surface area contributed by atoms with Crippen LogP contribution < -0.4 is 5.32 Å². The van der Waals surface area contributed by atoms with Crippen LogP contribution >= 0.6 is 0 Å². The third-order valence-corrected chi connectivity index (χ3v) is 5.27. The smallest absolute Gasteiger partial charge is 0.0697 e. The number of hydrogen-bond donors (Lipinski definition) is 1. The Balaban J connectivity index is 1.56. The Morgan fingerprint density at radius 1 is 1.28 bits per heavy atom. The van der Waals surface area contributed by atoms with Crippen LogP contribution in [0.5, 0.6) is 0 Å². The fourth-order valence-electron chi connectivity index (χ4n) is 3.97. The van der Waals surface area contributed by atoms with Crippen molar-refractivity contribution in [2.75, 3.05) is 26.2 Å². The molecule has 3 heteroatoms. The van der Waals surface area contributed by atoms with E-state index >= 15 is 0 Å². The quantitative estimate of drug-likeness (QED) is 0.830. The first kappa shape index (κ1) is 12.9. The summed E-state index contributed by atoms with van der Waals surface area (Å²) in [5.74, 6) is 0. The molecule has 1 saturated carbocycles. The summed E-state index contributed by atoms with van der Waals surface area (Å²) < 4.78 is 6.05. The lowest BCUT2D eigenvalue weighted by Gasteiger charge is -2.49. The summed E-state index contributed by atoms with van der Waals surface area (Å²) in [4.78, 5) is 2.71. The van der Waals surface area contributed by atoms with Crippen LogP contribution in [-0.2, 0) is 4.74 Å². The van der Waals surface area contributed by atoms with E-state index in [-0.39, 0.29) is 0 Å². The van der Waals surface area contributed by atoms with Crippen LogP contribution in [0.1, 0.15) is 51.9 Å². The van der Waals surface area contributed by atoms with Gasteiger partial charge in [0.25, 0.3) is 0 Å². The molecule has 3 fully saturated rings. The minimum atomic E-state index is 0.291. The molecule has 2 heterocycles. The number of nitrogens with one attached hydrogen (secondary N) is 1. The van der Waals surface area contributed by atoms with Crippen molar-refractivity contribution in [2.24, 2.45) is 0 Å². The second kappa shape index (κ2) is 5.48. The predicted molar refractivity (Wildman–Crippen MR) is 73.8 cm³/mol. The van der Waals surface area contributed by atoms with Gasteiger partial charge in [0.15, 0.2) is 0 Å². The summed E-state index contributed by atoms with van der Waals surface area (Å²) in [5.41, 5.74) is 0.291. The summed E-state index contributed by atoms with van der Waals surface area (Å²) in [7, 11) is 0. The monoisotopic (exact) mass is 252 g/mol. The van der Waals surface area contributed by atoms with Crippen molar-refractivity contribution in [3.05, 3.63) is 0 Å². The molecular formula is C15H28N2O. The molecule has 1 aliphatic carbocycles. The molecule has 3 aliphatic rings. The highest BCUT2D eigenvalue weighted by atomic mass is 16.5. The van der Waals surface area contributed by atoms with Crippen molar-refractivity contribution < 1.29 is 4.74 Å². The van der Waals surface area contributed by atoms with E-state index in [9.17, 15) is 0 Å². The molecular weight excluding hydrogens is 224 g/mol. The number of rotatable bonds is 4. The maximum absolute atomic E-state index is 6.05. The maximum atomic E-state index is 6.05. The van der Waals surface area contributed by atoms with Gasteiger partial charge in [-0.3, -0.25) is 4.90 Å². The second-order valence-corrected chi connectivity index (χ2v) is 6.41. The van der Waals surface area contributed by atoms with E-state index in [1.807, 2.05) is 0 Å². The summed E-state index contributed by atoms with van der Waals surface area (Å²) in [6.07, 6.45) is 9.25. The Morgan fingerprint density at radius 3 is 2.78 bits per heavy atom. The third kappa shape index (κ3) is 2.59. The normalized spacial score (nSPS) is 35.0. The van der Waals surface area contributed by atoms with Crippen LogP contribution in [0.2, 0.25) is 0 Å². The zero-order valence-corrected chi connectivity index (χ0v) is 11.8. The fraction of sp³-hybridized carbons (Fsp3) is 1.00. The highest BCUT2D eigenvalue weighted by Gasteiger charge is 2.43. The molecule has 0 bridgehead atoms. The Labute approximate surface area is 111 Å². The van der Waals surface area contributed by atoms with E-state index in [1.54, 1.807) is 0 Å². The van der Waals surface area contributed by atoms with Crippen LogP contribution in [0.4, 0.5) is 0 Å². The van der Waals surface area contributed by atoms with Crippen molar-refractivity contribution in [3.63, 3.8) is 0 Å². The van der Waals surface area contributed by atoms with E-state index in [0.717, 1.165) is 18.7 Å². The Hall–Kier alpha value is -0.120. The highest BCUT2D eigenvalue weighted by molar-refractivity contribution is 4.97. The van der Waals surface area contributed by atoms with Crippen LogP contribution in [0.3, 0.4) is 0 Å². The molecule has 2 unspecified atom stereocenters. The Morgan fingerprint density at radius 2 is 2.17 bits per heavy atom. The van der Waals surface area contributed by atoms with Gasteiger partial charge in [-0.15, -0.1) is 0 Å². The Bertz CT molecular complexity index is 272. The summed E-state index contributed by atoms with van der Waals surface area (Å²) in [6, 6.07) is 1.51. The van der Waals surface area contributed by atoms with E-state index in [4.69, 9.17) is 4.74 Å². The van der Waals surface area contributed by atoms with Gasteiger partial charge in [-0.2, -0.15) is 0 Å². The van der Waals surface area contributed by atoms with Gasteiger partial charge in [-0.05, 0) is 58.0 Å². The molecule has 2 aliphatic heterocycles. The lowest BCUT2D eigenvalue weighted by molar-refractivity contribution is -0.148. The first-order valence-electron chi connectivity index (χ1n) is 7.93. The maximum Gasteiger partial charge on any atom is 0.0697 e. The van der Waals surface area contributed by atoms with E-state index in [0.29, 0.717) is 5.60 Å². The number of likely N-dealkylation sites (N-methyl/N-ethyl adjacent to an activating group) is 1. The van der Waals surface area contributed by atoms with Gasteiger partial charge in [0.2, 0.25) is 0 Å². The van der Waals surface area contributed by atoms with Gasteiger partial charge < -0.3 is 10.1 Å². The van der Waals surface area contributed by atoms with Crippen LogP contribution in [0.25, 0.3) is 0 Å². The highest BCUT2D eigenvalue weighted by Crippen LogP contribution is 2.43. The Kier molecular flexibility index (Phi) is 3.92. The molecule has 0 amide bonds. The molecule has 3 rings (SSSR count). The molecule has 1 spiro atoms. The van der Waals surface area contributed by atoms with Crippen LogP contribution in [-0.4, -0.2) is 48.8 Å². The zero-order valence-electron chi connectivity index (χ0n) is 11.8. The van der Waals surface area contributed by atoms with Crippen molar-refractivity contribution in [2.45, 2.75) is 69.6 Å². The van der Waals surface area contributed by atoms with Gasteiger partial charge in [0.1, 0.15) is 0 Å². The molecule has 0 aromatic heterocycles. The SMILES string of the molecule is CCN(CC1CCCN1)C1CCOC2(CCC2)C1. The lowest BCUT2D eigenvalue weighted by atomic mass is 9.73. The summed E-state index contributed by atoms with van der Waals surface area (Å²) in [5, 5.41) is 3.64. The molecule has 104 valence electrons. The van der Waals surface area contributed by atoms with Gasteiger partial charge in [-0.25, -0.2) is 0 Å². The molecule has 1 N–H and O–H groups in total. The minimum absolute atomic E-state index is 0.291. The first-order chi connectivity index (χ1) is 8.81. The predicted octanol–water partition coefficient (Wildman–Crippen LogP) is 2.16. The lowest BCUT2D eigenvalue weighted by Crippen LogP contribution is -2.53. The number of hydrogen-bond acceptors (Lipinski definition) is 3. The van der Waals surface area contributed by atoms with Gasteiger partial charge in [-0.1, -0.05) is 6.92 Å². The molecule has 3 nitrogen and oxygen atoms in total. The number of ether oxygens (including phenoxy) is 1. The van der Waals surface area contributed by atoms with Crippen molar-refractivity contribution in [3.8, 4) is 0 Å². The average Bonchev–Trinajstić information content (AvgIpc) is 2.87. The summed E-state index contributed by atoms with van der Waals surface area (Å²) >= 11 is 0. The van der Waals surface area contributed by atoms with Crippen molar-refractivity contribution >= 4 is 0 Å². The third-order valence-electron chi connectivity index (χ3n) is 5.27.